The van der Waals surface area contributed by atoms with Crippen LogP contribution in [-0.2, 0) is 21.3 Å². The SMILES string of the molecule is CCn1nccc1S(=O)(=O)N1CCOC[C@@H]1[C@H]1CCC[C@@H]1O. The predicted octanol–water partition coefficient (Wildman–Crippen LogP) is 0.453. The molecular formula is C14H23N3O4S. The zero-order chi connectivity index (χ0) is 15.7. The van der Waals surface area contributed by atoms with Gasteiger partial charge in [-0.2, -0.15) is 9.40 Å². The number of aliphatic hydroxyl groups excluding tert-OH is 1. The van der Waals surface area contributed by atoms with Crippen molar-refractivity contribution in [3.63, 3.8) is 0 Å². The van der Waals surface area contributed by atoms with E-state index < -0.39 is 16.1 Å². The molecular weight excluding hydrogens is 306 g/mol. The minimum Gasteiger partial charge on any atom is -0.393 e. The van der Waals surface area contributed by atoms with Crippen LogP contribution in [0.3, 0.4) is 0 Å². The Hall–Kier alpha value is -0.960. The number of nitrogens with zero attached hydrogens (tertiary/aromatic N) is 3. The molecule has 3 atom stereocenters. The fourth-order valence-electron chi connectivity index (χ4n) is 3.56. The standard InChI is InChI=1S/C14H23N3O4S/c1-2-16-14(6-7-15-16)22(19,20)17-8-9-21-10-12(17)11-4-3-5-13(11)18/h6-7,11-13,18H,2-5,8-10H2,1H3/t11-,12-,13+/m1/s1. The van der Waals surface area contributed by atoms with Crippen molar-refractivity contribution in [1.82, 2.24) is 14.1 Å². The molecule has 3 rings (SSSR count). The van der Waals surface area contributed by atoms with E-state index in [2.05, 4.69) is 5.10 Å². The molecule has 1 N–H and O–H groups in total. The molecule has 1 aliphatic carbocycles. The van der Waals surface area contributed by atoms with E-state index in [-0.39, 0.29) is 17.0 Å². The van der Waals surface area contributed by atoms with Crippen molar-refractivity contribution in [2.75, 3.05) is 19.8 Å². The maximum absolute atomic E-state index is 13.0. The molecule has 1 saturated heterocycles. The van der Waals surface area contributed by atoms with Gasteiger partial charge in [-0.15, -0.1) is 0 Å². The second-order valence-corrected chi connectivity index (χ2v) is 7.74. The highest BCUT2D eigenvalue weighted by Crippen LogP contribution is 2.34. The number of morpholine rings is 1. The van der Waals surface area contributed by atoms with Gasteiger partial charge in [0.1, 0.15) is 0 Å². The van der Waals surface area contributed by atoms with Gasteiger partial charge in [-0.25, -0.2) is 8.42 Å². The predicted molar refractivity (Wildman–Crippen MR) is 79.7 cm³/mol. The molecule has 22 heavy (non-hydrogen) atoms. The maximum Gasteiger partial charge on any atom is 0.260 e. The first-order valence-corrected chi connectivity index (χ1v) is 9.29. The van der Waals surface area contributed by atoms with E-state index in [1.807, 2.05) is 6.92 Å². The Balaban J connectivity index is 1.93. The van der Waals surface area contributed by atoms with Gasteiger partial charge in [-0.1, -0.05) is 6.42 Å². The second-order valence-electron chi connectivity index (χ2n) is 5.91. The van der Waals surface area contributed by atoms with Crippen molar-refractivity contribution in [3.05, 3.63) is 12.3 Å². The lowest BCUT2D eigenvalue weighted by Crippen LogP contribution is -2.53. The van der Waals surface area contributed by atoms with Gasteiger partial charge < -0.3 is 9.84 Å². The van der Waals surface area contributed by atoms with Crippen molar-refractivity contribution >= 4 is 10.0 Å². The van der Waals surface area contributed by atoms with Gasteiger partial charge in [0.05, 0.1) is 31.6 Å². The molecule has 8 heteroatoms. The average Bonchev–Trinajstić information content (AvgIpc) is 3.15. The fourth-order valence-corrected chi connectivity index (χ4v) is 5.36. The summed E-state index contributed by atoms with van der Waals surface area (Å²) in [6.45, 7) is 3.43. The van der Waals surface area contributed by atoms with Crippen LogP contribution in [0.1, 0.15) is 26.2 Å². The number of hydrogen-bond donors (Lipinski definition) is 1. The summed E-state index contributed by atoms with van der Waals surface area (Å²) in [5.74, 6) is -0.0481. The van der Waals surface area contributed by atoms with Crippen LogP contribution in [0.4, 0.5) is 0 Å². The topological polar surface area (TPSA) is 84.7 Å². The monoisotopic (exact) mass is 329 g/mol. The van der Waals surface area contributed by atoms with Crippen LogP contribution in [0.5, 0.6) is 0 Å². The summed E-state index contributed by atoms with van der Waals surface area (Å²) >= 11 is 0. The number of aliphatic hydroxyl groups is 1. The molecule has 0 spiro atoms. The molecule has 0 unspecified atom stereocenters. The van der Waals surface area contributed by atoms with Crippen LogP contribution in [0, 0.1) is 5.92 Å². The number of sulfonamides is 1. The van der Waals surface area contributed by atoms with Crippen molar-refractivity contribution in [1.29, 1.82) is 0 Å². The minimum atomic E-state index is -3.63. The molecule has 1 aromatic rings. The van der Waals surface area contributed by atoms with Gasteiger partial charge in [0.2, 0.25) is 0 Å². The number of ether oxygens (including phenoxy) is 1. The fraction of sp³-hybridized carbons (Fsp3) is 0.786. The summed E-state index contributed by atoms with van der Waals surface area (Å²) in [5.41, 5.74) is 0. The largest absolute Gasteiger partial charge is 0.393 e. The Morgan fingerprint density at radius 3 is 2.95 bits per heavy atom. The third-order valence-electron chi connectivity index (χ3n) is 4.69. The lowest BCUT2D eigenvalue weighted by molar-refractivity contribution is -0.0149. The third kappa shape index (κ3) is 2.68. The van der Waals surface area contributed by atoms with E-state index in [4.69, 9.17) is 4.74 Å². The summed E-state index contributed by atoms with van der Waals surface area (Å²) in [7, 11) is -3.63. The molecule has 124 valence electrons. The van der Waals surface area contributed by atoms with Crippen molar-refractivity contribution in [2.45, 2.75) is 49.9 Å². The lowest BCUT2D eigenvalue weighted by atomic mass is 9.96. The lowest BCUT2D eigenvalue weighted by Gasteiger charge is -2.38. The van der Waals surface area contributed by atoms with Crippen molar-refractivity contribution in [3.8, 4) is 0 Å². The smallest absolute Gasteiger partial charge is 0.260 e. The van der Waals surface area contributed by atoms with Gasteiger partial charge >= 0.3 is 0 Å². The van der Waals surface area contributed by atoms with Crippen molar-refractivity contribution < 1.29 is 18.3 Å². The zero-order valence-corrected chi connectivity index (χ0v) is 13.6. The number of aryl methyl sites for hydroxylation is 1. The summed E-state index contributed by atoms with van der Waals surface area (Å²) in [6.07, 6.45) is 3.58. The molecule has 0 radical (unpaired) electrons. The van der Waals surface area contributed by atoms with Gasteiger partial charge in [-0.3, -0.25) is 4.68 Å². The summed E-state index contributed by atoms with van der Waals surface area (Å²) in [6, 6.07) is 1.24. The highest BCUT2D eigenvalue weighted by molar-refractivity contribution is 7.89. The Bertz CT molecular complexity index is 615. The van der Waals surface area contributed by atoms with Crippen LogP contribution in [0.25, 0.3) is 0 Å². The van der Waals surface area contributed by atoms with E-state index in [9.17, 15) is 13.5 Å². The molecule has 1 aromatic heterocycles. The minimum absolute atomic E-state index is 0.0481. The average molecular weight is 329 g/mol. The number of aromatic nitrogens is 2. The van der Waals surface area contributed by atoms with Crippen LogP contribution in [0.2, 0.25) is 0 Å². The van der Waals surface area contributed by atoms with Crippen LogP contribution < -0.4 is 0 Å². The van der Waals surface area contributed by atoms with Crippen molar-refractivity contribution in [2.24, 2.45) is 5.92 Å². The van der Waals surface area contributed by atoms with E-state index in [1.54, 1.807) is 0 Å². The molecule has 0 aromatic carbocycles. The van der Waals surface area contributed by atoms with Crippen LogP contribution in [-0.4, -0.2) is 59.5 Å². The summed E-state index contributed by atoms with van der Waals surface area (Å²) < 4.78 is 34.6. The van der Waals surface area contributed by atoms with Crippen LogP contribution >= 0.6 is 0 Å². The molecule has 1 saturated carbocycles. The molecule has 2 heterocycles. The molecule has 2 aliphatic rings. The first-order valence-electron chi connectivity index (χ1n) is 7.85. The summed E-state index contributed by atoms with van der Waals surface area (Å²) in [4.78, 5) is 0. The first-order chi connectivity index (χ1) is 10.6. The molecule has 7 nitrogen and oxygen atoms in total. The highest BCUT2D eigenvalue weighted by Gasteiger charge is 2.43. The maximum atomic E-state index is 13.0. The van der Waals surface area contributed by atoms with Gasteiger partial charge in [0, 0.05) is 19.0 Å². The van der Waals surface area contributed by atoms with Gasteiger partial charge in [0.25, 0.3) is 10.0 Å². The normalized spacial score (nSPS) is 30.7. The Kier molecular flexibility index (Phi) is 4.54. The quantitative estimate of drug-likeness (QED) is 0.867. The number of hydrogen-bond acceptors (Lipinski definition) is 5. The third-order valence-corrected chi connectivity index (χ3v) is 6.64. The Labute approximate surface area is 130 Å². The van der Waals surface area contributed by atoms with E-state index in [1.165, 1.54) is 21.3 Å². The molecule has 0 amide bonds. The van der Waals surface area contributed by atoms with Gasteiger partial charge in [-0.05, 0) is 25.8 Å². The first kappa shape index (κ1) is 15.9. The highest BCUT2D eigenvalue weighted by atomic mass is 32.2. The van der Waals surface area contributed by atoms with E-state index >= 15 is 0 Å². The van der Waals surface area contributed by atoms with Crippen LogP contribution in [0.15, 0.2) is 17.3 Å². The van der Waals surface area contributed by atoms with Gasteiger partial charge in [0.15, 0.2) is 5.03 Å². The Morgan fingerprint density at radius 2 is 2.27 bits per heavy atom. The molecule has 1 aliphatic heterocycles. The van der Waals surface area contributed by atoms with E-state index in [0.29, 0.717) is 26.3 Å². The molecule has 2 fully saturated rings. The second kappa shape index (κ2) is 6.27. The Morgan fingerprint density at radius 1 is 1.45 bits per heavy atom. The zero-order valence-electron chi connectivity index (χ0n) is 12.8. The summed E-state index contributed by atoms with van der Waals surface area (Å²) in [5, 5.41) is 14.4. The number of rotatable bonds is 4. The van der Waals surface area contributed by atoms with E-state index in [0.717, 1.165) is 19.3 Å². The molecule has 0 bridgehead atoms.